The largest absolute Gasteiger partial charge is 0.474 e. The Labute approximate surface area is 106 Å². The molecule has 1 heterocycles. The normalized spacial score (nSPS) is 28.1. The van der Waals surface area contributed by atoms with E-state index >= 15 is 0 Å². The lowest BCUT2D eigenvalue weighted by Gasteiger charge is -2.26. The van der Waals surface area contributed by atoms with Crippen LogP contribution < -0.4 is 16.0 Å². The van der Waals surface area contributed by atoms with Gasteiger partial charge in [0.05, 0.1) is 6.07 Å². The number of nitrogens with zero attached hydrogens (tertiary/aromatic N) is 1. The van der Waals surface area contributed by atoms with E-state index in [4.69, 9.17) is 10.5 Å². The van der Waals surface area contributed by atoms with Gasteiger partial charge in [-0.15, -0.1) is 0 Å². The molecule has 2 fully saturated rings. The van der Waals surface area contributed by atoms with Gasteiger partial charge in [-0.3, -0.25) is 4.79 Å². The second-order valence-corrected chi connectivity index (χ2v) is 5.40. The van der Waals surface area contributed by atoms with Crippen molar-refractivity contribution in [3.63, 3.8) is 0 Å². The Kier molecular flexibility index (Phi) is 3.07. The molecule has 5 nitrogen and oxygen atoms in total. The van der Waals surface area contributed by atoms with Crippen molar-refractivity contribution in [2.75, 3.05) is 0 Å². The molecular weight excluding hydrogens is 230 g/mol. The summed E-state index contributed by atoms with van der Waals surface area (Å²) in [6.07, 6.45) is 6.27. The molecule has 2 aliphatic rings. The molecule has 1 aromatic rings. The van der Waals surface area contributed by atoms with E-state index in [2.05, 4.69) is 9.97 Å². The molecule has 0 atom stereocenters. The van der Waals surface area contributed by atoms with Crippen molar-refractivity contribution >= 4 is 0 Å². The van der Waals surface area contributed by atoms with Crippen LogP contribution in [0.5, 0.6) is 5.88 Å². The number of nitrogens with one attached hydrogen (secondary N) is 1. The highest BCUT2D eigenvalue weighted by atomic mass is 16.5. The van der Waals surface area contributed by atoms with Gasteiger partial charge >= 0.3 is 0 Å². The predicted molar refractivity (Wildman–Crippen MR) is 67.7 cm³/mol. The minimum absolute atomic E-state index is 0.116. The molecule has 0 spiro atoms. The second kappa shape index (κ2) is 4.72. The minimum Gasteiger partial charge on any atom is -0.474 e. The van der Waals surface area contributed by atoms with Crippen LogP contribution in [0.3, 0.4) is 0 Å². The fraction of sp³-hybridized carbons (Fsp3) is 0.692. The smallest absolute Gasteiger partial charge is 0.254 e. The van der Waals surface area contributed by atoms with Crippen LogP contribution in [0.2, 0.25) is 0 Å². The quantitative estimate of drug-likeness (QED) is 0.846. The zero-order chi connectivity index (χ0) is 12.5. The fourth-order valence-electron chi connectivity index (χ4n) is 2.44. The van der Waals surface area contributed by atoms with E-state index in [1.54, 1.807) is 0 Å². The van der Waals surface area contributed by atoms with E-state index in [1.807, 2.05) is 0 Å². The number of H-pyrrole nitrogens is 1. The van der Waals surface area contributed by atoms with Gasteiger partial charge in [0.25, 0.3) is 5.56 Å². The lowest BCUT2D eigenvalue weighted by Crippen LogP contribution is -2.32. The highest BCUT2D eigenvalue weighted by Gasteiger charge is 2.27. The Bertz CT molecular complexity index is 473. The summed E-state index contributed by atoms with van der Waals surface area (Å²) in [4.78, 5) is 18.7. The summed E-state index contributed by atoms with van der Waals surface area (Å²) in [5.74, 6) is 1.69. The molecule has 2 saturated carbocycles. The Morgan fingerprint density at radius 2 is 1.94 bits per heavy atom. The molecule has 0 aromatic carbocycles. The molecule has 5 heteroatoms. The highest BCUT2D eigenvalue weighted by molar-refractivity contribution is 5.14. The SMILES string of the molecule is NC1CCC(Oc2cc(=O)[nH]c(C3CC3)n2)CC1. The summed E-state index contributed by atoms with van der Waals surface area (Å²) in [5.41, 5.74) is 5.74. The maximum atomic E-state index is 11.5. The Hall–Kier alpha value is -1.36. The molecule has 3 N–H and O–H groups in total. The summed E-state index contributed by atoms with van der Waals surface area (Å²) >= 11 is 0. The third-order valence-corrected chi connectivity index (χ3v) is 3.71. The van der Waals surface area contributed by atoms with E-state index in [1.165, 1.54) is 6.07 Å². The third kappa shape index (κ3) is 2.72. The van der Waals surface area contributed by atoms with Crippen LogP contribution in [0, 0.1) is 0 Å². The van der Waals surface area contributed by atoms with Crippen molar-refractivity contribution in [3.8, 4) is 5.88 Å². The second-order valence-electron chi connectivity index (χ2n) is 5.40. The molecular formula is C13H19N3O2. The van der Waals surface area contributed by atoms with Crippen molar-refractivity contribution in [3.05, 3.63) is 22.2 Å². The molecule has 2 aliphatic carbocycles. The maximum Gasteiger partial charge on any atom is 0.254 e. The van der Waals surface area contributed by atoms with Gasteiger partial charge in [-0.1, -0.05) is 0 Å². The summed E-state index contributed by atoms with van der Waals surface area (Å²) < 4.78 is 5.82. The molecule has 18 heavy (non-hydrogen) atoms. The third-order valence-electron chi connectivity index (χ3n) is 3.71. The average Bonchev–Trinajstić information content (AvgIpc) is 3.15. The van der Waals surface area contributed by atoms with Crippen molar-refractivity contribution in [1.82, 2.24) is 9.97 Å². The zero-order valence-corrected chi connectivity index (χ0v) is 10.4. The molecule has 3 rings (SSSR count). The number of hydrogen-bond donors (Lipinski definition) is 2. The van der Waals surface area contributed by atoms with Crippen molar-refractivity contribution in [2.45, 2.75) is 56.6 Å². The van der Waals surface area contributed by atoms with Crippen molar-refractivity contribution < 1.29 is 4.74 Å². The lowest BCUT2D eigenvalue weighted by molar-refractivity contribution is 0.140. The van der Waals surface area contributed by atoms with Gasteiger partial charge in [0, 0.05) is 12.0 Å². The van der Waals surface area contributed by atoms with Gasteiger partial charge in [0.15, 0.2) is 0 Å². The number of nitrogens with two attached hydrogens (primary N) is 1. The highest BCUT2D eigenvalue weighted by Crippen LogP contribution is 2.38. The first-order valence-electron chi connectivity index (χ1n) is 6.74. The molecule has 98 valence electrons. The summed E-state index contributed by atoms with van der Waals surface area (Å²) in [6.45, 7) is 0. The summed E-state index contributed by atoms with van der Waals surface area (Å²) in [6, 6.07) is 1.75. The van der Waals surface area contributed by atoms with E-state index < -0.39 is 0 Å². The monoisotopic (exact) mass is 249 g/mol. The molecule has 0 unspecified atom stereocenters. The standard InChI is InChI=1S/C13H19N3O2/c14-9-3-5-10(6-4-9)18-12-7-11(17)15-13(16-12)8-1-2-8/h7-10H,1-6,14H2,(H,15,16,17). The first-order valence-corrected chi connectivity index (χ1v) is 6.74. The van der Waals surface area contributed by atoms with Crippen LogP contribution in [0.1, 0.15) is 50.3 Å². The van der Waals surface area contributed by atoms with E-state index in [0.717, 1.165) is 44.3 Å². The average molecular weight is 249 g/mol. The number of hydrogen-bond acceptors (Lipinski definition) is 4. The Morgan fingerprint density at radius 3 is 2.61 bits per heavy atom. The van der Waals surface area contributed by atoms with E-state index in [-0.39, 0.29) is 11.7 Å². The molecule has 0 radical (unpaired) electrons. The van der Waals surface area contributed by atoms with Gasteiger partial charge in [-0.25, -0.2) is 0 Å². The number of ether oxygens (including phenoxy) is 1. The van der Waals surface area contributed by atoms with Gasteiger partial charge in [-0.2, -0.15) is 4.98 Å². The van der Waals surface area contributed by atoms with E-state index in [0.29, 0.717) is 17.8 Å². The van der Waals surface area contributed by atoms with Crippen molar-refractivity contribution in [1.29, 1.82) is 0 Å². The van der Waals surface area contributed by atoms with Crippen LogP contribution in [0.4, 0.5) is 0 Å². The Morgan fingerprint density at radius 1 is 1.22 bits per heavy atom. The van der Waals surface area contributed by atoms with Gasteiger partial charge in [0.1, 0.15) is 11.9 Å². The van der Waals surface area contributed by atoms with Crippen LogP contribution in [0.25, 0.3) is 0 Å². The first kappa shape index (κ1) is 11.7. The number of rotatable bonds is 3. The van der Waals surface area contributed by atoms with E-state index in [9.17, 15) is 4.79 Å². The number of aromatic nitrogens is 2. The minimum atomic E-state index is -0.116. The zero-order valence-electron chi connectivity index (χ0n) is 10.4. The summed E-state index contributed by atoms with van der Waals surface area (Å²) in [7, 11) is 0. The molecule has 0 bridgehead atoms. The van der Waals surface area contributed by atoms with Crippen molar-refractivity contribution in [2.24, 2.45) is 5.73 Å². The number of aromatic amines is 1. The van der Waals surface area contributed by atoms with Gasteiger partial charge < -0.3 is 15.5 Å². The molecule has 1 aromatic heterocycles. The Balaban J connectivity index is 1.70. The first-order chi connectivity index (χ1) is 8.70. The fourth-order valence-corrected chi connectivity index (χ4v) is 2.44. The van der Waals surface area contributed by atoms with Gasteiger partial charge in [-0.05, 0) is 38.5 Å². The molecule has 0 amide bonds. The van der Waals surface area contributed by atoms with Gasteiger partial charge in [0.2, 0.25) is 5.88 Å². The van der Waals surface area contributed by atoms with Crippen LogP contribution >= 0.6 is 0 Å². The van der Waals surface area contributed by atoms with Crippen LogP contribution in [-0.4, -0.2) is 22.1 Å². The molecule has 0 saturated heterocycles. The topological polar surface area (TPSA) is 81.0 Å². The summed E-state index contributed by atoms with van der Waals surface area (Å²) in [5, 5.41) is 0. The van der Waals surface area contributed by atoms with Crippen LogP contribution in [0.15, 0.2) is 10.9 Å². The predicted octanol–water partition coefficient (Wildman–Crippen LogP) is 1.30. The lowest BCUT2D eigenvalue weighted by atomic mass is 9.94. The molecule has 0 aliphatic heterocycles. The van der Waals surface area contributed by atoms with Crippen LogP contribution in [-0.2, 0) is 0 Å². The maximum absolute atomic E-state index is 11.5.